The number of anilines is 1. The number of imidazole rings is 1. The van der Waals surface area contributed by atoms with E-state index in [0.717, 1.165) is 10.8 Å². The molecule has 0 aliphatic rings. The van der Waals surface area contributed by atoms with Crippen LogP contribution in [0.2, 0.25) is 5.02 Å². The number of hydrogen-bond donors (Lipinski definition) is 1. The summed E-state index contributed by atoms with van der Waals surface area (Å²) in [5.74, 6) is 0.958. The molecule has 0 fully saturated rings. The van der Waals surface area contributed by atoms with E-state index >= 15 is 0 Å². The van der Waals surface area contributed by atoms with Crippen molar-refractivity contribution in [3.05, 3.63) is 58.8 Å². The molecule has 0 aliphatic carbocycles. The second-order valence-electron chi connectivity index (χ2n) is 6.30. The number of nitrogens with zero attached hydrogens (tertiary/aromatic N) is 4. The van der Waals surface area contributed by atoms with Crippen molar-refractivity contribution in [2.45, 2.75) is 24.8 Å². The molecule has 3 aromatic heterocycles. The van der Waals surface area contributed by atoms with Crippen molar-refractivity contribution >= 4 is 46.2 Å². The summed E-state index contributed by atoms with van der Waals surface area (Å²) in [6.07, 6.45) is 3.59. The summed E-state index contributed by atoms with van der Waals surface area (Å²) in [5.41, 5.74) is 7.60. The zero-order chi connectivity index (χ0) is 21.3. The monoisotopic (exact) mass is 443 g/mol. The molecule has 0 radical (unpaired) electrons. The number of ether oxygens (including phenoxy) is 1. The maximum atomic E-state index is 12.2. The lowest BCUT2D eigenvalue weighted by Crippen LogP contribution is -2.07. The first-order chi connectivity index (χ1) is 14.5. The van der Waals surface area contributed by atoms with E-state index in [1.165, 1.54) is 11.8 Å². The van der Waals surface area contributed by atoms with Gasteiger partial charge in [-0.2, -0.15) is 4.98 Å². The molecule has 154 valence electrons. The molecule has 30 heavy (non-hydrogen) atoms. The molecule has 0 atom stereocenters. The van der Waals surface area contributed by atoms with E-state index in [-0.39, 0.29) is 23.7 Å². The van der Waals surface area contributed by atoms with E-state index in [4.69, 9.17) is 26.5 Å². The summed E-state index contributed by atoms with van der Waals surface area (Å²) in [4.78, 5) is 25.4. The summed E-state index contributed by atoms with van der Waals surface area (Å²) in [7, 11) is 0. The Hall–Kier alpha value is -3.04. The second-order valence-corrected chi connectivity index (χ2v) is 7.68. The normalized spacial score (nSPS) is 11.2. The number of hydrogen-bond acceptors (Lipinski definition) is 8. The molecular formula is C20H18ClN5O3S. The van der Waals surface area contributed by atoms with E-state index in [0.29, 0.717) is 27.7 Å². The highest BCUT2D eigenvalue weighted by Gasteiger charge is 2.24. The zero-order valence-corrected chi connectivity index (χ0v) is 17.8. The number of fused-ring (bicyclic) bond motifs is 1. The Kier molecular flexibility index (Phi) is 5.65. The standard InChI is InChI=1S/C20H18ClN5O3S/c1-3-28-19(27)15-11(2)29-18-16(15)17(22)24-14(25-18)10-30-20-23-8-9-26(20)13-6-4-12(21)5-7-13/h4-9H,3,10H2,1-2H3,(H2,22,24,25). The fourth-order valence-corrected chi connectivity index (χ4v) is 3.98. The van der Waals surface area contributed by atoms with Crippen LogP contribution >= 0.6 is 23.4 Å². The first-order valence-electron chi connectivity index (χ1n) is 9.12. The molecule has 2 N–H and O–H groups in total. The predicted molar refractivity (Wildman–Crippen MR) is 115 cm³/mol. The molecule has 4 aromatic rings. The van der Waals surface area contributed by atoms with Gasteiger partial charge in [0, 0.05) is 23.1 Å². The van der Waals surface area contributed by atoms with E-state index in [9.17, 15) is 4.79 Å². The second kappa shape index (κ2) is 8.37. The number of furan rings is 1. The molecule has 8 nitrogen and oxygen atoms in total. The van der Waals surface area contributed by atoms with Crippen LogP contribution in [0.5, 0.6) is 0 Å². The zero-order valence-electron chi connectivity index (χ0n) is 16.3. The Labute approximate surface area is 181 Å². The number of carbonyl (C=O) groups excluding carboxylic acids is 1. The van der Waals surface area contributed by atoms with Crippen LogP contribution in [-0.2, 0) is 10.5 Å². The number of rotatable bonds is 6. The van der Waals surface area contributed by atoms with Crippen molar-refractivity contribution in [3.8, 4) is 5.69 Å². The van der Waals surface area contributed by atoms with Gasteiger partial charge in [-0.3, -0.25) is 4.57 Å². The smallest absolute Gasteiger partial charge is 0.342 e. The number of aromatic nitrogens is 4. The number of thioether (sulfide) groups is 1. The Balaban J connectivity index is 1.60. The number of aryl methyl sites for hydroxylation is 1. The molecule has 0 spiro atoms. The van der Waals surface area contributed by atoms with Crippen LogP contribution in [-0.4, -0.2) is 32.1 Å². The fourth-order valence-electron chi connectivity index (χ4n) is 3.02. The quantitative estimate of drug-likeness (QED) is 0.344. The van der Waals surface area contributed by atoms with Crippen LogP contribution in [0, 0.1) is 6.92 Å². The highest BCUT2D eigenvalue weighted by Crippen LogP contribution is 2.30. The van der Waals surface area contributed by atoms with E-state index in [1.54, 1.807) is 20.0 Å². The van der Waals surface area contributed by atoms with Crippen molar-refractivity contribution in [1.29, 1.82) is 0 Å². The number of nitrogens with two attached hydrogens (primary N) is 1. The van der Waals surface area contributed by atoms with Crippen LogP contribution in [0.3, 0.4) is 0 Å². The molecule has 3 heterocycles. The minimum Gasteiger partial charge on any atom is -0.462 e. The van der Waals surface area contributed by atoms with Gasteiger partial charge in [0.05, 0.1) is 17.7 Å². The van der Waals surface area contributed by atoms with Gasteiger partial charge in [0.2, 0.25) is 5.71 Å². The van der Waals surface area contributed by atoms with Gasteiger partial charge in [-0.25, -0.2) is 14.8 Å². The number of benzene rings is 1. The van der Waals surface area contributed by atoms with Gasteiger partial charge in [-0.15, -0.1) is 0 Å². The van der Waals surface area contributed by atoms with Crippen LogP contribution in [0.4, 0.5) is 5.82 Å². The lowest BCUT2D eigenvalue weighted by atomic mass is 10.2. The molecule has 0 aliphatic heterocycles. The van der Waals surface area contributed by atoms with Crippen molar-refractivity contribution in [2.75, 3.05) is 12.3 Å². The molecule has 0 saturated carbocycles. The maximum absolute atomic E-state index is 12.2. The third-order valence-corrected chi connectivity index (χ3v) is 5.54. The highest BCUT2D eigenvalue weighted by atomic mass is 35.5. The minimum atomic E-state index is -0.504. The lowest BCUT2D eigenvalue weighted by Gasteiger charge is -2.07. The van der Waals surface area contributed by atoms with Crippen molar-refractivity contribution in [1.82, 2.24) is 19.5 Å². The summed E-state index contributed by atoms with van der Waals surface area (Å²) in [6, 6.07) is 7.47. The van der Waals surface area contributed by atoms with Gasteiger partial charge in [0.15, 0.2) is 5.16 Å². The van der Waals surface area contributed by atoms with Crippen molar-refractivity contribution in [3.63, 3.8) is 0 Å². The molecule has 0 unspecified atom stereocenters. The van der Waals surface area contributed by atoms with E-state index < -0.39 is 5.97 Å². The highest BCUT2D eigenvalue weighted by molar-refractivity contribution is 7.98. The van der Waals surface area contributed by atoms with Crippen LogP contribution in [0.1, 0.15) is 28.9 Å². The fraction of sp³-hybridized carbons (Fsp3) is 0.200. The van der Waals surface area contributed by atoms with Crippen molar-refractivity contribution < 1.29 is 13.9 Å². The molecule has 10 heteroatoms. The van der Waals surface area contributed by atoms with Gasteiger partial charge >= 0.3 is 5.97 Å². The number of esters is 1. The Morgan fingerprint density at radius 2 is 2.07 bits per heavy atom. The summed E-state index contributed by atoms with van der Waals surface area (Å²) >= 11 is 7.42. The summed E-state index contributed by atoms with van der Waals surface area (Å²) < 4.78 is 12.7. The Morgan fingerprint density at radius 1 is 1.30 bits per heavy atom. The largest absolute Gasteiger partial charge is 0.462 e. The molecule has 0 saturated heterocycles. The van der Waals surface area contributed by atoms with Gasteiger partial charge < -0.3 is 14.9 Å². The average Bonchev–Trinajstić information content (AvgIpc) is 3.31. The predicted octanol–water partition coefficient (Wildman–Crippen LogP) is 4.42. The van der Waals surface area contributed by atoms with Crippen LogP contribution in [0.25, 0.3) is 16.8 Å². The third kappa shape index (κ3) is 3.86. The van der Waals surface area contributed by atoms with Crippen LogP contribution in [0.15, 0.2) is 46.2 Å². The number of halogens is 1. The summed E-state index contributed by atoms with van der Waals surface area (Å²) in [5, 5.41) is 1.81. The minimum absolute atomic E-state index is 0.177. The third-order valence-electron chi connectivity index (χ3n) is 4.32. The van der Waals surface area contributed by atoms with E-state index in [1.807, 2.05) is 35.0 Å². The van der Waals surface area contributed by atoms with Gasteiger partial charge in [-0.05, 0) is 38.1 Å². The first-order valence-corrected chi connectivity index (χ1v) is 10.5. The number of nitrogen functional groups attached to an aromatic ring is 1. The molecule has 1 aromatic carbocycles. The van der Waals surface area contributed by atoms with Crippen LogP contribution < -0.4 is 5.73 Å². The molecular weight excluding hydrogens is 426 g/mol. The molecule has 4 rings (SSSR count). The Bertz CT molecular complexity index is 1220. The topological polar surface area (TPSA) is 109 Å². The van der Waals surface area contributed by atoms with Gasteiger partial charge in [0.25, 0.3) is 0 Å². The number of carbonyl (C=O) groups is 1. The average molecular weight is 444 g/mol. The van der Waals surface area contributed by atoms with Gasteiger partial charge in [-0.1, -0.05) is 23.4 Å². The summed E-state index contributed by atoms with van der Waals surface area (Å²) in [6.45, 7) is 3.66. The molecule has 0 bridgehead atoms. The molecule has 0 amide bonds. The maximum Gasteiger partial charge on any atom is 0.342 e. The van der Waals surface area contributed by atoms with Crippen molar-refractivity contribution in [2.24, 2.45) is 0 Å². The van der Waals surface area contributed by atoms with Gasteiger partial charge in [0.1, 0.15) is 23.0 Å². The lowest BCUT2D eigenvalue weighted by molar-refractivity contribution is 0.0526. The SMILES string of the molecule is CCOC(=O)c1c(C)oc2nc(CSc3nccn3-c3ccc(Cl)cc3)nc(N)c12. The Morgan fingerprint density at radius 3 is 2.80 bits per heavy atom. The first kappa shape index (κ1) is 20.2. The van der Waals surface area contributed by atoms with E-state index in [2.05, 4.69) is 15.0 Å².